The van der Waals surface area contributed by atoms with Crippen molar-refractivity contribution < 1.29 is 24.3 Å². The van der Waals surface area contributed by atoms with Crippen molar-refractivity contribution in [3.8, 4) is 0 Å². The summed E-state index contributed by atoms with van der Waals surface area (Å²) in [5.74, 6) is -2.41. The maximum Gasteiger partial charge on any atom is 0.325 e. The van der Waals surface area contributed by atoms with Gasteiger partial charge in [-0.25, -0.2) is 4.79 Å². The van der Waals surface area contributed by atoms with Crippen LogP contribution in [-0.4, -0.2) is 52.4 Å². The second-order valence-corrected chi connectivity index (χ2v) is 6.37. The maximum atomic E-state index is 11.9. The second-order valence-electron chi connectivity index (χ2n) is 6.37. The van der Waals surface area contributed by atoms with Crippen LogP contribution in [0, 0.1) is 11.8 Å². The molecule has 1 fully saturated rings. The van der Waals surface area contributed by atoms with Gasteiger partial charge in [-0.3, -0.25) is 19.7 Å². The van der Waals surface area contributed by atoms with Gasteiger partial charge < -0.3 is 15.3 Å². The van der Waals surface area contributed by atoms with E-state index < -0.39 is 35.3 Å². The fraction of sp³-hybridized carbons (Fsp3) is 0.714. The molecule has 0 bridgehead atoms. The van der Waals surface area contributed by atoms with Crippen molar-refractivity contribution in [1.29, 1.82) is 0 Å². The Morgan fingerprint density at radius 1 is 1.32 bits per heavy atom. The van der Waals surface area contributed by atoms with Gasteiger partial charge in [-0.1, -0.05) is 13.8 Å². The van der Waals surface area contributed by atoms with E-state index >= 15 is 0 Å². The van der Waals surface area contributed by atoms with Gasteiger partial charge in [0.1, 0.15) is 12.1 Å². The number of carboxylic acid groups (broad SMARTS) is 1. The number of imide groups is 1. The minimum Gasteiger partial charge on any atom is -0.481 e. The number of carbonyl (C=O) groups excluding carboxylic acids is 3. The Labute approximate surface area is 129 Å². The molecule has 0 radical (unpaired) electrons. The Morgan fingerprint density at radius 3 is 2.32 bits per heavy atom. The monoisotopic (exact) mass is 313 g/mol. The molecule has 0 aromatic rings. The summed E-state index contributed by atoms with van der Waals surface area (Å²) < 4.78 is 0. The number of carbonyl (C=O) groups is 4. The van der Waals surface area contributed by atoms with Crippen LogP contribution in [0.2, 0.25) is 0 Å². The van der Waals surface area contributed by atoms with Crippen molar-refractivity contribution >= 4 is 23.8 Å². The average Bonchev–Trinajstić information content (AvgIpc) is 2.56. The van der Waals surface area contributed by atoms with Crippen molar-refractivity contribution in [2.45, 2.75) is 39.7 Å². The second kappa shape index (κ2) is 6.76. The Hall–Kier alpha value is -2.12. The van der Waals surface area contributed by atoms with E-state index in [4.69, 9.17) is 5.11 Å². The molecule has 0 saturated carbocycles. The number of amides is 4. The fourth-order valence-corrected chi connectivity index (χ4v) is 2.24. The van der Waals surface area contributed by atoms with Gasteiger partial charge in [0.05, 0.1) is 5.92 Å². The van der Waals surface area contributed by atoms with E-state index in [1.54, 1.807) is 13.8 Å². The number of hydrogen-bond acceptors (Lipinski definition) is 4. The lowest BCUT2D eigenvalue weighted by Crippen LogP contribution is -2.49. The third-order valence-electron chi connectivity index (χ3n) is 3.65. The SMILES string of the molecule is CC(C)CC(CNC(=O)CN1C(=O)NC(=O)C1(C)C)C(=O)O. The fourth-order valence-electron chi connectivity index (χ4n) is 2.24. The first-order chi connectivity index (χ1) is 10.1. The van der Waals surface area contributed by atoms with Gasteiger partial charge in [0.15, 0.2) is 0 Å². The molecule has 1 rings (SSSR count). The zero-order valence-electron chi connectivity index (χ0n) is 13.3. The number of hydrogen-bond donors (Lipinski definition) is 3. The molecule has 1 heterocycles. The summed E-state index contributed by atoms with van der Waals surface area (Å²) in [5, 5.41) is 13.8. The molecular weight excluding hydrogens is 290 g/mol. The first-order valence-electron chi connectivity index (χ1n) is 7.18. The summed E-state index contributed by atoms with van der Waals surface area (Å²) >= 11 is 0. The van der Waals surface area contributed by atoms with Crippen molar-refractivity contribution in [2.75, 3.05) is 13.1 Å². The van der Waals surface area contributed by atoms with Crippen LogP contribution in [0.1, 0.15) is 34.1 Å². The number of nitrogens with one attached hydrogen (secondary N) is 2. The predicted molar refractivity (Wildman–Crippen MR) is 77.9 cm³/mol. The molecule has 8 nitrogen and oxygen atoms in total. The van der Waals surface area contributed by atoms with Crippen LogP contribution in [0.4, 0.5) is 4.79 Å². The number of carboxylic acids is 1. The first kappa shape index (κ1) is 17.9. The van der Waals surface area contributed by atoms with E-state index in [9.17, 15) is 19.2 Å². The highest BCUT2D eigenvalue weighted by molar-refractivity contribution is 6.07. The third-order valence-corrected chi connectivity index (χ3v) is 3.65. The lowest BCUT2D eigenvalue weighted by atomic mass is 9.97. The number of urea groups is 1. The predicted octanol–water partition coefficient (Wildman–Crippen LogP) is 0.180. The number of aliphatic carboxylic acids is 1. The van der Waals surface area contributed by atoms with Crippen LogP contribution in [0.3, 0.4) is 0 Å². The highest BCUT2D eigenvalue weighted by Crippen LogP contribution is 2.20. The smallest absolute Gasteiger partial charge is 0.325 e. The largest absolute Gasteiger partial charge is 0.481 e. The molecule has 0 aromatic carbocycles. The average molecular weight is 313 g/mol. The van der Waals surface area contributed by atoms with Gasteiger partial charge in [0.25, 0.3) is 5.91 Å². The van der Waals surface area contributed by atoms with E-state index in [0.717, 1.165) is 4.90 Å². The topological polar surface area (TPSA) is 116 Å². The molecule has 22 heavy (non-hydrogen) atoms. The molecule has 124 valence electrons. The summed E-state index contributed by atoms with van der Waals surface area (Å²) in [5.41, 5.74) is -1.10. The number of rotatable bonds is 7. The molecule has 0 spiro atoms. The normalized spacial score (nSPS) is 18.3. The molecular formula is C14H23N3O5. The van der Waals surface area contributed by atoms with Crippen LogP contribution < -0.4 is 10.6 Å². The van der Waals surface area contributed by atoms with Crippen LogP contribution in [0.5, 0.6) is 0 Å². The van der Waals surface area contributed by atoms with Crippen LogP contribution in [0.25, 0.3) is 0 Å². The van der Waals surface area contributed by atoms with E-state index in [1.165, 1.54) is 0 Å². The summed E-state index contributed by atoms with van der Waals surface area (Å²) in [7, 11) is 0. The molecule has 4 amide bonds. The minimum atomic E-state index is -1.10. The molecule has 3 N–H and O–H groups in total. The summed E-state index contributed by atoms with van der Waals surface area (Å²) in [6.45, 7) is 6.59. The van der Waals surface area contributed by atoms with Crippen molar-refractivity contribution in [3.05, 3.63) is 0 Å². The molecule has 1 aliphatic rings. The van der Waals surface area contributed by atoms with Gasteiger partial charge in [0.2, 0.25) is 5.91 Å². The summed E-state index contributed by atoms with van der Waals surface area (Å²) in [4.78, 5) is 47.4. The van der Waals surface area contributed by atoms with Gasteiger partial charge in [-0.05, 0) is 26.2 Å². The van der Waals surface area contributed by atoms with E-state index in [1.807, 2.05) is 13.8 Å². The Kier molecular flexibility index (Phi) is 5.51. The van der Waals surface area contributed by atoms with E-state index in [2.05, 4.69) is 10.6 Å². The first-order valence-corrected chi connectivity index (χ1v) is 7.18. The quantitative estimate of drug-likeness (QED) is 0.580. The molecule has 1 saturated heterocycles. The van der Waals surface area contributed by atoms with E-state index in [-0.39, 0.29) is 19.0 Å². The molecule has 1 atom stereocenters. The summed E-state index contributed by atoms with van der Waals surface area (Å²) in [6.07, 6.45) is 0.448. The highest BCUT2D eigenvalue weighted by atomic mass is 16.4. The summed E-state index contributed by atoms with van der Waals surface area (Å²) in [6, 6.07) is -0.623. The standard InChI is InChI=1S/C14H23N3O5/c1-8(2)5-9(11(19)20)6-15-10(18)7-17-13(22)16-12(21)14(17,3)4/h8-9H,5-7H2,1-4H3,(H,15,18)(H,19,20)(H,16,21,22). The third kappa shape index (κ3) is 4.19. The van der Waals surface area contributed by atoms with Gasteiger partial charge in [-0.15, -0.1) is 0 Å². The van der Waals surface area contributed by atoms with Gasteiger partial charge >= 0.3 is 12.0 Å². The van der Waals surface area contributed by atoms with E-state index in [0.29, 0.717) is 6.42 Å². The molecule has 0 aromatic heterocycles. The zero-order chi connectivity index (χ0) is 17.1. The maximum absolute atomic E-state index is 11.9. The molecule has 1 unspecified atom stereocenters. The molecule has 0 aliphatic carbocycles. The van der Waals surface area contributed by atoms with Crippen LogP contribution >= 0.6 is 0 Å². The molecule has 1 aliphatic heterocycles. The van der Waals surface area contributed by atoms with Crippen molar-refractivity contribution in [3.63, 3.8) is 0 Å². The molecule has 8 heteroatoms. The Bertz CT molecular complexity index is 487. The zero-order valence-corrected chi connectivity index (χ0v) is 13.3. The van der Waals surface area contributed by atoms with Crippen LogP contribution in [-0.2, 0) is 14.4 Å². The minimum absolute atomic E-state index is 0.00379. The van der Waals surface area contributed by atoms with Gasteiger partial charge in [-0.2, -0.15) is 0 Å². The Morgan fingerprint density at radius 2 is 1.91 bits per heavy atom. The van der Waals surface area contributed by atoms with Crippen molar-refractivity contribution in [2.24, 2.45) is 11.8 Å². The number of nitrogens with zero attached hydrogens (tertiary/aromatic N) is 1. The lowest BCUT2D eigenvalue weighted by Gasteiger charge is -2.27. The highest BCUT2D eigenvalue weighted by Gasteiger charge is 2.46. The Balaban J connectivity index is 2.57. The lowest BCUT2D eigenvalue weighted by molar-refractivity contribution is -0.142. The van der Waals surface area contributed by atoms with Crippen LogP contribution in [0.15, 0.2) is 0 Å². The van der Waals surface area contributed by atoms with Gasteiger partial charge in [0, 0.05) is 6.54 Å². The van der Waals surface area contributed by atoms with Crippen molar-refractivity contribution in [1.82, 2.24) is 15.5 Å².